The number of nitrogens with zero attached hydrogens (tertiary/aromatic N) is 3. The SMILES string of the molecule is C=CCC(SC1=NN=C(c2cccnc2)C1)C(=O)Nc1ccccc1. The summed E-state index contributed by atoms with van der Waals surface area (Å²) < 4.78 is 0. The van der Waals surface area contributed by atoms with Gasteiger partial charge in [-0.3, -0.25) is 9.78 Å². The number of benzene rings is 1. The maximum absolute atomic E-state index is 12.6. The van der Waals surface area contributed by atoms with Gasteiger partial charge in [0.25, 0.3) is 0 Å². The number of carbonyl (C=O) groups is 1. The van der Waals surface area contributed by atoms with Crippen LogP contribution >= 0.6 is 11.8 Å². The Hall–Kier alpha value is -2.73. The van der Waals surface area contributed by atoms with Crippen LogP contribution in [-0.2, 0) is 4.79 Å². The zero-order chi connectivity index (χ0) is 17.5. The van der Waals surface area contributed by atoms with Crippen LogP contribution in [0.4, 0.5) is 5.69 Å². The van der Waals surface area contributed by atoms with Crippen LogP contribution in [0.5, 0.6) is 0 Å². The molecule has 1 aliphatic rings. The van der Waals surface area contributed by atoms with Gasteiger partial charge in [0, 0.05) is 30.1 Å². The first-order valence-electron chi connectivity index (χ1n) is 7.93. The molecule has 25 heavy (non-hydrogen) atoms. The molecule has 1 unspecified atom stereocenters. The molecule has 2 aromatic rings. The molecule has 5 nitrogen and oxygen atoms in total. The number of anilines is 1. The van der Waals surface area contributed by atoms with Crippen molar-refractivity contribution in [3.05, 3.63) is 73.1 Å². The molecule has 6 heteroatoms. The molecule has 1 amide bonds. The van der Waals surface area contributed by atoms with Gasteiger partial charge < -0.3 is 5.32 Å². The Kier molecular flexibility index (Phi) is 5.74. The summed E-state index contributed by atoms with van der Waals surface area (Å²) in [6.45, 7) is 3.76. The monoisotopic (exact) mass is 350 g/mol. The van der Waals surface area contributed by atoms with Crippen molar-refractivity contribution in [2.75, 3.05) is 5.32 Å². The van der Waals surface area contributed by atoms with Crippen LogP contribution in [0.2, 0.25) is 0 Å². The van der Waals surface area contributed by atoms with Crippen LogP contribution in [0.1, 0.15) is 18.4 Å². The number of thioether (sulfide) groups is 1. The molecule has 1 aliphatic heterocycles. The van der Waals surface area contributed by atoms with E-state index in [2.05, 4.69) is 27.1 Å². The molecule has 0 fully saturated rings. The lowest BCUT2D eigenvalue weighted by Gasteiger charge is -2.14. The van der Waals surface area contributed by atoms with Gasteiger partial charge in [-0.1, -0.05) is 36.0 Å². The molecule has 2 heterocycles. The van der Waals surface area contributed by atoms with Gasteiger partial charge in [0.05, 0.1) is 11.0 Å². The maximum atomic E-state index is 12.6. The largest absolute Gasteiger partial charge is 0.325 e. The predicted octanol–water partition coefficient (Wildman–Crippen LogP) is 3.90. The van der Waals surface area contributed by atoms with E-state index in [-0.39, 0.29) is 11.2 Å². The lowest BCUT2D eigenvalue weighted by molar-refractivity contribution is -0.115. The van der Waals surface area contributed by atoms with Crippen molar-refractivity contribution in [1.29, 1.82) is 0 Å². The van der Waals surface area contributed by atoms with Gasteiger partial charge in [-0.15, -0.1) is 11.7 Å². The standard InChI is InChI=1S/C19H18N4OS/c1-2-7-17(19(24)21-15-9-4-3-5-10-15)25-18-12-16(22-23-18)14-8-6-11-20-13-14/h2-6,8-11,13,17H,1,7,12H2,(H,21,24). The third-order valence-electron chi connectivity index (χ3n) is 3.59. The normalized spacial score (nSPS) is 14.4. The van der Waals surface area contributed by atoms with E-state index in [1.165, 1.54) is 11.8 Å². The van der Waals surface area contributed by atoms with E-state index in [0.717, 1.165) is 22.0 Å². The molecule has 1 aromatic heterocycles. The molecule has 0 aliphatic carbocycles. The Bertz CT molecular complexity index is 803. The van der Waals surface area contributed by atoms with Crippen LogP contribution in [0.15, 0.2) is 77.7 Å². The fourth-order valence-electron chi connectivity index (χ4n) is 2.36. The minimum Gasteiger partial charge on any atom is -0.325 e. The number of rotatable bonds is 6. The number of aromatic nitrogens is 1. The number of allylic oxidation sites excluding steroid dienone is 1. The number of para-hydroxylation sites is 1. The van der Waals surface area contributed by atoms with Gasteiger partial charge in [-0.05, 0) is 30.7 Å². The van der Waals surface area contributed by atoms with E-state index in [9.17, 15) is 4.79 Å². The van der Waals surface area contributed by atoms with E-state index < -0.39 is 0 Å². The van der Waals surface area contributed by atoms with E-state index in [1.807, 2.05) is 42.5 Å². The Morgan fingerprint density at radius 2 is 2.08 bits per heavy atom. The predicted molar refractivity (Wildman–Crippen MR) is 104 cm³/mol. The third kappa shape index (κ3) is 4.64. The lowest BCUT2D eigenvalue weighted by Crippen LogP contribution is -2.26. The second-order valence-electron chi connectivity index (χ2n) is 5.45. The summed E-state index contributed by atoms with van der Waals surface area (Å²) in [5.41, 5.74) is 2.61. The fraction of sp³-hybridized carbons (Fsp3) is 0.158. The second kappa shape index (κ2) is 8.39. The highest BCUT2D eigenvalue weighted by Gasteiger charge is 2.24. The molecule has 126 valence electrons. The van der Waals surface area contributed by atoms with E-state index in [0.29, 0.717) is 12.8 Å². The Morgan fingerprint density at radius 3 is 2.80 bits per heavy atom. The summed E-state index contributed by atoms with van der Waals surface area (Å²) in [6.07, 6.45) is 6.42. The average Bonchev–Trinajstić information content (AvgIpc) is 3.11. The Balaban J connectivity index is 1.61. The van der Waals surface area contributed by atoms with Crippen LogP contribution in [-0.4, -0.2) is 26.9 Å². The Labute approximate surface area is 151 Å². The summed E-state index contributed by atoms with van der Waals surface area (Å²) in [5.74, 6) is -0.0615. The van der Waals surface area contributed by atoms with Gasteiger partial charge in [0.1, 0.15) is 5.04 Å². The average molecular weight is 350 g/mol. The summed E-state index contributed by atoms with van der Waals surface area (Å²) in [6, 6.07) is 13.3. The molecule has 0 radical (unpaired) electrons. The topological polar surface area (TPSA) is 66.7 Å². The van der Waals surface area contributed by atoms with E-state index in [1.54, 1.807) is 18.5 Å². The molecular formula is C19H18N4OS. The van der Waals surface area contributed by atoms with Crippen molar-refractivity contribution in [1.82, 2.24) is 4.98 Å². The van der Waals surface area contributed by atoms with Crippen molar-refractivity contribution in [3.8, 4) is 0 Å². The quantitative estimate of drug-likeness (QED) is 0.803. The van der Waals surface area contributed by atoms with Gasteiger partial charge in [-0.25, -0.2) is 0 Å². The highest BCUT2D eigenvalue weighted by Crippen LogP contribution is 2.25. The van der Waals surface area contributed by atoms with Gasteiger partial charge in [0.15, 0.2) is 0 Å². The highest BCUT2D eigenvalue weighted by molar-refractivity contribution is 8.15. The smallest absolute Gasteiger partial charge is 0.238 e. The highest BCUT2D eigenvalue weighted by atomic mass is 32.2. The van der Waals surface area contributed by atoms with Gasteiger partial charge in [-0.2, -0.15) is 5.10 Å². The number of nitrogens with one attached hydrogen (secondary N) is 1. The zero-order valence-corrected chi connectivity index (χ0v) is 14.4. The molecule has 1 aromatic carbocycles. The van der Waals surface area contributed by atoms with Crippen molar-refractivity contribution in [2.45, 2.75) is 18.1 Å². The number of pyridine rings is 1. The molecule has 0 bridgehead atoms. The molecule has 0 spiro atoms. The minimum absolute atomic E-state index is 0.0615. The first kappa shape index (κ1) is 17.1. The molecular weight excluding hydrogens is 332 g/mol. The van der Waals surface area contributed by atoms with Crippen LogP contribution in [0.3, 0.4) is 0 Å². The van der Waals surface area contributed by atoms with Gasteiger partial charge >= 0.3 is 0 Å². The van der Waals surface area contributed by atoms with Crippen LogP contribution in [0, 0.1) is 0 Å². The number of carbonyl (C=O) groups excluding carboxylic acids is 1. The molecule has 1 atom stereocenters. The fourth-order valence-corrected chi connectivity index (χ4v) is 3.39. The third-order valence-corrected chi connectivity index (χ3v) is 4.78. The van der Waals surface area contributed by atoms with E-state index >= 15 is 0 Å². The van der Waals surface area contributed by atoms with Crippen LogP contribution < -0.4 is 5.32 Å². The second-order valence-corrected chi connectivity index (χ2v) is 6.72. The maximum Gasteiger partial charge on any atom is 0.238 e. The summed E-state index contributed by atoms with van der Waals surface area (Å²) in [4.78, 5) is 16.7. The van der Waals surface area contributed by atoms with Crippen molar-refractivity contribution in [2.24, 2.45) is 10.2 Å². The van der Waals surface area contributed by atoms with Crippen LogP contribution in [0.25, 0.3) is 0 Å². The zero-order valence-electron chi connectivity index (χ0n) is 13.6. The molecule has 1 N–H and O–H groups in total. The first-order valence-corrected chi connectivity index (χ1v) is 8.81. The molecule has 0 saturated heterocycles. The first-order chi connectivity index (χ1) is 12.3. The number of hydrogen-bond donors (Lipinski definition) is 1. The number of amides is 1. The molecule has 0 saturated carbocycles. The van der Waals surface area contributed by atoms with Crippen molar-refractivity contribution >= 4 is 34.1 Å². The Morgan fingerprint density at radius 1 is 1.24 bits per heavy atom. The summed E-state index contributed by atoms with van der Waals surface area (Å²) in [7, 11) is 0. The van der Waals surface area contributed by atoms with Crippen molar-refractivity contribution in [3.63, 3.8) is 0 Å². The van der Waals surface area contributed by atoms with Gasteiger partial charge in [0.2, 0.25) is 5.91 Å². The summed E-state index contributed by atoms with van der Waals surface area (Å²) >= 11 is 1.43. The van der Waals surface area contributed by atoms with Crippen molar-refractivity contribution < 1.29 is 4.79 Å². The summed E-state index contributed by atoms with van der Waals surface area (Å²) in [5, 5.41) is 11.9. The molecule has 3 rings (SSSR count). The van der Waals surface area contributed by atoms with E-state index in [4.69, 9.17) is 0 Å². The lowest BCUT2D eigenvalue weighted by atomic mass is 10.1. The number of hydrogen-bond acceptors (Lipinski definition) is 5. The minimum atomic E-state index is -0.292.